The lowest BCUT2D eigenvalue weighted by atomic mass is 10.1. The lowest BCUT2D eigenvalue weighted by Crippen LogP contribution is -2.42. The standard InChI is InChI=1S/C22H26N2O4/c1-15-8-9-20-18(12-15)24(14-16(2)28-20)22(26)11-10-21(25)23-13-17-6-4-5-7-19(17)27-3/h4-9,12,16H,10-11,13-14H2,1-3H3,(H,23,25)/t16-/m0/s1. The molecule has 148 valence electrons. The molecule has 0 unspecified atom stereocenters. The minimum atomic E-state index is -0.162. The van der Waals surface area contributed by atoms with Gasteiger partial charge in [0, 0.05) is 24.9 Å². The molecular formula is C22H26N2O4. The highest BCUT2D eigenvalue weighted by molar-refractivity contribution is 5.97. The topological polar surface area (TPSA) is 67.9 Å². The molecule has 0 saturated heterocycles. The minimum absolute atomic E-state index is 0.0746. The first-order chi connectivity index (χ1) is 13.5. The minimum Gasteiger partial charge on any atom is -0.496 e. The summed E-state index contributed by atoms with van der Waals surface area (Å²) in [5, 5.41) is 2.85. The maximum absolute atomic E-state index is 12.8. The van der Waals surface area contributed by atoms with Crippen molar-refractivity contribution in [2.45, 2.75) is 39.3 Å². The maximum Gasteiger partial charge on any atom is 0.227 e. The van der Waals surface area contributed by atoms with Gasteiger partial charge in [-0.15, -0.1) is 0 Å². The number of amides is 2. The molecule has 0 radical (unpaired) electrons. The molecule has 2 aromatic rings. The Kier molecular flexibility index (Phi) is 6.19. The van der Waals surface area contributed by atoms with Crippen LogP contribution >= 0.6 is 0 Å². The Bertz CT molecular complexity index is 865. The lowest BCUT2D eigenvalue weighted by Gasteiger charge is -2.33. The molecule has 1 aliphatic heterocycles. The number of carbonyl (C=O) groups is 2. The highest BCUT2D eigenvalue weighted by Gasteiger charge is 2.27. The van der Waals surface area contributed by atoms with E-state index in [9.17, 15) is 9.59 Å². The highest BCUT2D eigenvalue weighted by Crippen LogP contribution is 2.34. The molecule has 0 aliphatic carbocycles. The fourth-order valence-corrected chi connectivity index (χ4v) is 3.27. The first kappa shape index (κ1) is 19.7. The Labute approximate surface area is 165 Å². The number of nitrogens with zero attached hydrogens (tertiary/aromatic N) is 1. The molecule has 3 rings (SSSR count). The maximum atomic E-state index is 12.8. The van der Waals surface area contributed by atoms with Gasteiger partial charge in [0.05, 0.1) is 19.3 Å². The lowest BCUT2D eigenvalue weighted by molar-refractivity contribution is -0.125. The smallest absolute Gasteiger partial charge is 0.227 e. The normalized spacial score (nSPS) is 15.4. The predicted octanol–water partition coefficient (Wildman–Crippen LogP) is 3.21. The predicted molar refractivity (Wildman–Crippen MR) is 108 cm³/mol. The number of aryl methyl sites for hydroxylation is 1. The fourth-order valence-electron chi connectivity index (χ4n) is 3.27. The largest absolute Gasteiger partial charge is 0.496 e. The van der Waals surface area contributed by atoms with Crippen LogP contribution in [0, 0.1) is 6.92 Å². The number of hydrogen-bond donors (Lipinski definition) is 1. The summed E-state index contributed by atoms with van der Waals surface area (Å²) in [5.74, 6) is 1.20. The van der Waals surface area contributed by atoms with Crippen LogP contribution in [0.4, 0.5) is 5.69 Å². The van der Waals surface area contributed by atoms with E-state index >= 15 is 0 Å². The molecular weight excluding hydrogens is 356 g/mol. The third kappa shape index (κ3) is 4.63. The first-order valence-electron chi connectivity index (χ1n) is 9.44. The second-order valence-electron chi connectivity index (χ2n) is 6.99. The molecule has 1 aliphatic rings. The van der Waals surface area contributed by atoms with Crippen LogP contribution in [-0.2, 0) is 16.1 Å². The summed E-state index contributed by atoms with van der Waals surface area (Å²) in [7, 11) is 1.60. The molecule has 2 amide bonds. The van der Waals surface area contributed by atoms with E-state index in [2.05, 4.69) is 5.32 Å². The van der Waals surface area contributed by atoms with E-state index < -0.39 is 0 Å². The van der Waals surface area contributed by atoms with Crippen molar-refractivity contribution in [2.75, 3.05) is 18.6 Å². The van der Waals surface area contributed by atoms with Crippen LogP contribution in [0.1, 0.15) is 30.9 Å². The average molecular weight is 382 g/mol. The Morgan fingerprint density at radius 3 is 2.79 bits per heavy atom. The van der Waals surface area contributed by atoms with E-state index in [-0.39, 0.29) is 30.8 Å². The number of ether oxygens (including phenoxy) is 2. The van der Waals surface area contributed by atoms with Gasteiger partial charge in [-0.3, -0.25) is 9.59 Å². The third-order valence-corrected chi connectivity index (χ3v) is 4.71. The van der Waals surface area contributed by atoms with Crippen LogP contribution < -0.4 is 19.7 Å². The van der Waals surface area contributed by atoms with Crippen LogP contribution in [0.5, 0.6) is 11.5 Å². The van der Waals surface area contributed by atoms with E-state index in [0.29, 0.717) is 18.8 Å². The number of hydrogen-bond acceptors (Lipinski definition) is 4. The molecule has 0 bridgehead atoms. The van der Waals surface area contributed by atoms with Crippen LogP contribution in [0.25, 0.3) is 0 Å². The molecule has 0 spiro atoms. The average Bonchev–Trinajstić information content (AvgIpc) is 2.70. The summed E-state index contributed by atoms with van der Waals surface area (Å²) >= 11 is 0. The molecule has 6 nitrogen and oxygen atoms in total. The summed E-state index contributed by atoms with van der Waals surface area (Å²) in [4.78, 5) is 26.7. The van der Waals surface area contributed by atoms with Gasteiger partial charge in [0.25, 0.3) is 0 Å². The van der Waals surface area contributed by atoms with Crippen molar-refractivity contribution in [1.29, 1.82) is 0 Å². The van der Waals surface area contributed by atoms with Crippen molar-refractivity contribution in [3.05, 3.63) is 53.6 Å². The van der Waals surface area contributed by atoms with Crippen molar-refractivity contribution >= 4 is 17.5 Å². The monoisotopic (exact) mass is 382 g/mol. The molecule has 0 saturated carbocycles. The van der Waals surface area contributed by atoms with Gasteiger partial charge in [-0.05, 0) is 37.6 Å². The van der Waals surface area contributed by atoms with Gasteiger partial charge in [0.15, 0.2) is 0 Å². The van der Waals surface area contributed by atoms with Crippen molar-refractivity contribution in [3.63, 3.8) is 0 Å². The summed E-state index contributed by atoms with van der Waals surface area (Å²) in [6.07, 6.45) is 0.206. The summed E-state index contributed by atoms with van der Waals surface area (Å²) < 4.78 is 11.1. The van der Waals surface area contributed by atoms with Gasteiger partial charge in [-0.2, -0.15) is 0 Å². The number of carbonyl (C=O) groups excluding carboxylic acids is 2. The Morgan fingerprint density at radius 2 is 2.00 bits per heavy atom. The molecule has 0 aromatic heterocycles. The van der Waals surface area contributed by atoms with Gasteiger partial charge >= 0.3 is 0 Å². The number of nitrogens with one attached hydrogen (secondary N) is 1. The van der Waals surface area contributed by atoms with E-state index in [4.69, 9.17) is 9.47 Å². The molecule has 1 heterocycles. The number of methoxy groups -OCH3 is 1. The van der Waals surface area contributed by atoms with Gasteiger partial charge < -0.3 is 19.7 Å². The summed E-state index contributed by atoms with van der Waals surface area (Å²) in [6, 6.07) is 13.3. The number of fused-ring (bicyclic) bond motifs is 1. The van der Waals surface area contributed by atoms with Gasteiger partial charge in [-0.1, -0.05) is 24.3 Å². The first-order valence-corrected chi connectivity index (χ1v) is 9.44. The van der Waals surface area contributed by atoms with Crippen molar-refractivity contribution in [2.24, 2.45) is 0 Å². The van der Waals surface area contributed by atoms with E-state index in [1.54, 1.807) is 12.0 Å². The quantitative estimate of drug-likeness (QED) is 0.833. The van der Waals surface area contributed by atoms with Crippen molar-refractivity contribution in [1.82, 2.24) is 5.32 Å². The number of anilines is 1. The third-order valence-electron chi connectivity index (χ3n) is 4.71. The molecule has 1 N–H and O–H groups in total. The molecule has 1 atom stereocenters. The SMILES string of the molecule is COc1ccccc1CNC(=O)CCC(=O)N1C[C@H](C)Oc2ccc(C)cc21. The van der Waals surface area contributed by atoms with Gasteiger partial charge in [0.2, 0.25) is 11.8 Å². The molecule has 2 aromatic carbocycles. The van der Waals surface area contributed by atoms with E-state index in [1.807, 2.05) is 56.3 Å². The van der Waals surface area contributed by atoms with Crippen LogP contribution in [0.3, 0.4) is 0 Å². The zero-order valence-corrected chi connectivity index (χ0v) is 16.5. The van der Waals surface area contributed by atoms with E-state index in [0.717, 1.165) is 22.6 Å². The Balaban J connectivity index is 1.57. The van der Waals surface area contributed by atoms with Gasteiger partial charge in [-0.25, -0.2) is 0 Å². The number of rotatable bonds is 6. The highest BCUT2D eigenvalue weighted by atomic mass is 16.5. The number of benzene rings is 2. The second-order valence-corrected chi connectivity index (χ2v) is 6.99. The van der Waals surface area contributed by atoms with Crippen molar-refractivity contribution < 1.29 is 19.1 Å². The van der Waals surface area contributed by atoms with Crippen LogP contribution in [-0.4, -0.2) is 31.6 Å². The summed E-state index contributed by atoms with van der Waals surface area (Å²) in [6.45, 7) is 4.76. The molecule has 28 heavy (non-hydrogen) atoms. The molecule has 0 fully saturated rings. The molecule has 6 heteroatoms. The fraction of sp³-hybridized carbons (Fsp3) is 0.364. The summed E-state index contributed by atoms with van der Waals surface area (Å²) in [5.41, 5.74) is 2.73. The van der Waals surface area contributed by atoms with E-state index in [1.165, 1.54) is 0 Å². The number of para-hydroxylation sites is 1. The second kappa shape index (κ2) is 8.78. The Morgan fingerprint density at radius 1 is 1.21 bits per heavy atom. The van der Waals surface area contributed by atoms with Crippen molar-refractivity contribution in [3.8, 4) is 11.5 Å². The zero-order chi connectivity index (χ0) is 20.1. The van der Waals surface area contributed by atoms with Gasteiger partial charge in [0.1, 0.15) is 17.6 Å². The van der Waals surface area contributed by atoms with Crippen LogP contribution in [0.15, 0.2) is 42.5 Å². The van der Waals surface area contributed by atoms with Crippen LogP contribution in [0.2, 0.25) is 0 Å². The Hall–Kier alpha value is -3.02. The zero-order valence-electron chi connectivity index (χ0n) is 16.5.